The molecule has 1 rings (SSSR count). The molecule has 118 valence electrons. The minimum Gasteiger partial charge on any atom is -0.461 e. The molecule has 0 aromatic carbocycles. The third-order valence-electron chi connectivity index (χ3n) is 3.02. The molecule has 0 radical (unpaired) electrons. The van der Waals surface area contributed by atoms with Gasteiger partial charge < -0.3 is 20.2 Å². The molecule has 1 fully saturated rings. The summed E-state index contributed by atoms with van der Waals surface area (Å²) in [6.07, 6.45) is 1.40. The fourth-order valence-corrected chi connectivity index (χ4v) is 1.97. The van der Waals surface area contributed by atoms with Crippen LogP contribution >= 0.6 is 0 Å². The lowest BCUT2D eigenvalue weighted by molar-refractivity contribution is -0.152. The molecule has 0 aliphatic carbocycles. The Balaban J connectivity index is 2.60. The van der Waals surface area contributed by atoms with Gasteiger partial charge in [0, 0.05) is 13.0 Å². The minimum atomic E-state index is -0.895. The molecule has 0 aromatic rings. The SMILES string of the molecule is CC(C)OC(=O)[C@H](CCC(=O)C=N)NC(=O)C1CCCO1. The van der Waals surface area contributed by atoms with E-state index in [9.17, 15) is 14.4 Å². The van der Waals surface area contributed by atoms with Gasteiger partial charge in [-0.15, -0.1) is 0 Å². The summed E-state index contributed by atoms with van der Waals surface area (Å²) in [4.78, 5) is 35.1. The van der Waals surface area contributed by atoms with Crippen molar-refractivity contribution in [2.24, 2.45) is 0 Å². The van der Waals surface area contributed by atoms with E-state index in [-0.39, 0.29) is 24.9 Å². The first kappa shape index (κ1) is 17.3. The Labute approximate surface area is 123 Å². The maximum absolute atomic E-state index is 12.0. The van der Waals surface area contributed by atoms with Crippen LogP contribution in [-0.4, -0.2) is 48.7 Å². The number of amides is 1. The predicted octanol–water partition coefficient (Wildman–Crippen LogP) is 0.601. The Morgan fingerprint density at radius 1 is 1.43 bits per heavy atom. The van der Waals surface area contributed by atoms with Crippen molar-refractivity contribution in [2.75, 3.05) is 6.61 Å². The molecule has 2 atom stereocenters. The van der Waals surface area contributed by atoms with Crippen LogP contribution in [-0.2, 0) is 23.9 Å². The lowest BCUT2D eigenvalue weighted by atomic mass is 10.1. The summed E-state index contributed by atoms with van der Waals surface area (Å²) in [5.41, 5.74) is 0. The molecule has 0 spiro atoms. The second kappa shape index (κ2) is 8.51. The quantitative estimate of drug-likeness (QED) is 0.504. The van der Waals surface area contributed by atoms with Crippen LogP contribution < -0.4 is 5.32 Å². The lowest BCUT2D eigenvalue weighted by Gasteiger charge is -2.20. The zero-order valence-corrected chi connectivity index (χ0v) is 12.4. The van der Waals surface area contributed by atoms with Gasteiger partial charge in [-0.3, -0.25) is 9.59 Å². The normalized spacial score (nSPS) is 19.1. The third-order valence-corrected chi connectivity index (χ3v) is 3.02. The van der Waals surface area contributed by atoms with E-state index in [2.05, 4.69) is 5.32 Å². The minimum absolute atomic E-state index is 0.00711. The Hall–Kier alpha value is -1.76. The van der Waals surface area contributed by atoms with Crippen molar-refractivity contribution < 1.29 is 23.9 Å². The molecule has 2 N–H and O–H groups in total. The van der Waals surface area contributed by atoms with Crippen LogP contribution in [0.4, 0.5) is 0 Å². The second-order valence-corrected chi connectivity index (χ2v) is 5.20. The highest BCUT2D eigenvalue weighted by molar-refractivity contribution is 6.26. The van der Waals surface area contributed by atoms with Gasteiger partial charge in [0.1, 0.15) is 12.1 Å². The first-order chi connectivity index (χ1) is 9.93. The van der Waals surface area contributed by atoms with E-state index < -0.39 is 23.9 Å². The number of hydrogen-bond acceptors (Lipinski definition) is 6. The number of ketones is 1. The fourth-order valence-electron chi connectivity index (χ4n) is 1.97. The molecule has 1 amide bonds. The molecule has 7 heteroatoms. The Morgan fingerprint density at radius 3 is 2.67 bits per heavy atom. The highest BCUT2D eigenvalue weighted by Gasteiger charge is 2.29. The summed E-state index contributed by atoms with van der Waals surface area (Å²) in [5.74, 6) is -1.33. The van der Waals surface area contributed by atoms with Crippen LogP contribution in [0.5, 0.6) is 0 Å². The van der Waals surface area contributed by atoms with E-state index in [1.54, 1.807) is 13.8 Å². The fraction of sp³-hybridized carbons (Fsp3) is 0.714. The molecule has 1 aliphatic heterocycles. The molecule has 0 saturated carbocycles. The molecule has 1 aliphatic rings. The number of carbonyl (C=O) groups is 3. The van der Waals surface area contributed by atoms with Gasteiger partial charge in [-0.1, -0.05) is 0 Å². The summed E-state index contributed by atoms with van der Waals surface area (Å²) in [7, 11) is 0. The monoisotopic (exact) mass is 298 g/mol. The van der Waals surface area contributed by atoms with Gasteiger partial charge in [0.15, 0.2) is 5.78 Å². The summed E-state index contributed by atoms with van der Waals surface area (Å²) >= 11 is 0. The van der Waals surface area contributed by atoms with Gasteiger partial charge >= 0.3 is 5.97 Å². The zero-order chi connectivity index (χ0) is 15.8. The summed E-state index contributed by atoms with van der Waals surface area (Å²) in [6.45, 7) is 3.95. The molecule has 1 unspecified atom stereocenters. The van der Waals surface area contributed by atoms with E-state index in [1.165, 1.54) is 0 Å². The summed E-state index contributed by atoms with van der Waals surface area (Å²) in [6, 6.07) is -0.895. The van der Waals surface area contributed by atoms with Crippen LogP contribution in [0.25, 0.3) is 0 Å². The van der Waals surface area contributed by atoms with Gasteiger partial charge in [0.2, 0.25) is 5.91 Å². The van der Waals surface area contributed by atoms with Crippen molar-refractivity contribution in [3.8, 4) is 0 Å². The van der Waals surface area contributed by atoms with E-state index in [4.69, 9.17) is 14.9 Å². The van der Waals surface area contributed by atoms with Crippen molar-refractivity contribution in [1.82, 2.24) is 5.32 Å². The highest BCUT2D eigenvalue weighted by Crippen LogP contribution is 2.13. The number of carbonyl (C=O) groups excluding carboxylic acids is 3. The smallest absolute Gasteiger partial charge is 0.328 e. The number of nitrogens with one attached hydrogen (secondary N) is 2. The van der Waals surface area contributed by atoms with E-state index in [0.29, 0.717) is 19.2 Å². The Kier molecular flexibility index (Phi) is 7.01. The standard InChI is InChI=1S/C14H22N2O5/c1-9(2)21-14(19)11(6-5-10(17)8-15)16-13(18)12-4-3-7-20-12/h8-9,11-12,15H,3-7H2,1-2H3,(H,16,18)/t11-,12?/m0/s1. The van der Waals surface area contributed by atoms with Crippen molar-refractivity contribution >= 4 is 23.9 Å². The van der Waals surface area contributed by atoms with E-state index in [0.717, 1.165) is 6.42 Å². The lowest BCUT2D eigenvalue weighted by Crippen LogP contribution is -2.46. The number of ether oxygens (including phenoxy) is 2. The Morgan fingerprint density at radius 2 is 2.14 bits per heavy atom. The van der Waals surface area contributed by atoms with Crippen LogP contribution in [0, 0.1) is 5.41 Å². The summed E-state index contributed by atoms with van der Waals surface area (Å²) < 4.78 is 10.3. The molecule has 1 saturated heterocycles. The third kappa shape index (κ3) is 6.03. The van der Waals surface area contributed by atoms with Gasteiger partial charge in [-0.2, -0.15) is 0 Å². The van der Waals surface area contributed by atoms with Gasteiger partial charge in [0.05, 0.1) is 12.3 Å². The first-order valence-electron chi connectivity index (χ1n) is 7.09. The van der Waals surface area contributed by atoms with E-state index >= 15 is 0 Å². The zero-order valence-electron chi connectivity index (χ0n) is 12.4. The summed E-state index contributed by atoms with van der Waals surface area (Å²) in [5, 5.41) is 9.43. The average Bonchev–Trinajstić information content (AvgIpc) is 2.95. The maximum Gasteiger partial charge on any atom is 0.328 e. The van der Waals surface area contributed by atoms with Crippen LogP contribution in [0.15, 0.2) is 0 Å². The van der Waals surface area contributed by atoms with Gasteiger partial charge in [-0.05, 0) is 33.1 Å². The molecule has 0 bridgehead atoms. The van der Waals surface area contributed by atoms with Crippen molar-refractivity contribution in [3.05, 3.63) is 0 Å². The van der Waals surface area contributed by atoms with E-state index in [1.807, 2.05) is 0 Å². The van der Waals surface area contributed by atoms with Crippen LogP contribution in [0.1, 0.15) is 39.5 Å². The highest BCUT2D eigenvalue weighted by atomic mass is 16.5. The molecular formula is C14H22N2O5. The number of hydrogen-bond donors (Lipinski definition) is 2. The number of Topliss-reactive ketones (excluding diaryl/α,β-unsaturated/α-hetero) is 1. The topological polar surface area (TPSA) is 106 Å². The second-order valence-electron chi connectivity index (χ2n) is 5.20. The van der Waals surface area contributed by atoms with Crippen molar-refractivity contribution in [3.63, 3.8) is 0 Å². The first-order valence-corrected chi connectivity index (χ1v) is 7.09. The molecule has 1 heterocycles. The molecule has 21 heavy (non-hydrogen) atoms. The predicted molar refractivity (Wildman–Crippen MR) is 75.2 cm³/mol. The number of rotatable bonds is 8. The van der Waals surface area contributed by atoms with Crippen molar-refractivity contribution in [1.29, 1.82) is 5.41 Å². The molecule has 0 aromatic heterocycles. The van der Waals surface area contributed by atoms with Crippen molar-refractivity contribution in [2.45, 2.75) is 57.8 Å². The van der Waals surface area contributed by atoms with Gasteiger partial charge in [0.25, 0.3) is 0 Å². The molecule has 7 nitrogen and oxygen atoms in total. The van der Waals surface area contributed by atoms with Crippen LogP contribution in [0.3, 0.4) is 0 Å². The largest absolute Gasteiger partial charge is 0.461 e. The molecular weight excluding hydrogens is 276 g/mol. The Bertz CT molecular complexity index is 402. The average molecular weight is 298 g/mol. The van der Waals surface area contributed by atoms with Gasteiger partial charge in [-0.25, -0.2) is 4.79 Å². The maximum atomic E-state index is 12.0. The van der Waals surface area contributed by atoms with Crippen LogP contribution in [0.2, 0.25) is 0 Å². The number of esters is 1.